The number of nitrogen functional groups attached to an aromatic ring is 1. The van der Waals surface area contributed by atoms with E-state index in [1.165, 1.54) is 6.07 Å². The fraction of sp³-hybridized carbons (Fsp3) is 0.533. The van der Waals surface area contributed by atoms with Gasteiger partial charge in [0.25, 0.3) is 0 Å². The van der Waals surface area contributed by atoms with Crippen LogP contribution in [0.3, 0.4) is 0 Å². The highest BCUT2D eigenvalue weighted by Crippen LogP contribution is 2.23. The molecule has 0 aliphatic carbocycles. The topological polar surface area (TPSA) is 47.1 Å². The molecule has 0 aliphatic heterocycles. The Morgan fingerprint density at radius 1 is 1.38 bits per heavy atom. The lowest BCUT2D eigenvalue weighted by Crippen LogP contribution is -2.27. The van der Waals surface area contributed by atoms with Crippen molar-refractivity contribution in [2.24, 2.45) is 0 Å². The molecule has 2 aromatic rings. The fourth-order valence-electron chi connectivity index (χ4n) is 2.26. The first-order chi connectivity index (χ1) is 9.90. The number of fused-ring (bicyclic) bond motifs is 1. The van der Waals surface area contributed by atoms with Crippen LogP contribution in [0.25, 0.3) is 11.0 Å². The zero-order valence-corrected chi connectivity index (χ0v) is 14.9. The van der Waals surface area contributed by atoms with Crippen LogP contribution in [0.4, 0.5) is 10.3 Å². The van der Waals surface area contributed by atoms with Gasteiger partial charge in [0.05, 0.1) is 14.6 Å². The molecule has 0 fully saturated rings. The van der Waals surface area contributed by atoms with Gasteiger partial charge in [-0.15, -0.1) is 0 Å². The molecule has 0 unspecified atom stereocenters. The van der Waals surface area contributed by atoms with E-state index in [4.69, 9.17) is 5.73 Å². The van der Waals surface area contributed by atoms with Crippen molar-refractivity contribution in [2.45, 2.75) is 39.3 Å². The molecule has 0 bridgehead atoms. The molecule has 1 aromatic carbocycles. The van der Waals surface area contributed by atoms with E-state index in [9.17, 15) is 4.39 Å². The van der Waals surface area contributed by atoms with Crippen LogP contribution in [0.2, 0.25) is 0 Å². The number of benzene rings is 1. The molecule has 0 amide bonds. The molecule has 2 N–H and O–H groups in total. The highest BCUT2D eigenvalue weighted by atomic mass is 127. The number of nitrogens with two attached hydrogens (primary N) is 1. The standard InChI is InChI=1S/C15H22FIN4/c1-10(2)20(3)6-4-5-7-21-14-8-11(16)12(17)9-13(14)19-15(21)18/h8-10H,4-7H2,1-3H3,(H2,18,19). The third-order valence-electron chi connectivity index (χ3n) is 3.84. The second kappa shape index (κ2) is 6.91. The Bertz CT molecular complexity index is 624. The fourth-order valence-corrected chi connectivity index (χ4v) is 2.71. The predicted molar refractivity (Wildman–Crippen MR) is 93.8 cm³/mol. The summed E-state index contributed by atoms with van der Waals surface area (Å²) in [7, 11) is 2.13. The molecule has 4 nitrogen and oxygen atoms in total. The quantitative estimate of drug-likeness (QED) is 0.593. The first kappa shape index (κ1) is 16.5. The van der Waals surface area contributed by atoms with Gasteiger partial charge in [0.1, 0.15) is 5.82 Å². The second-order valence-electron chi connectivity index (χ2n) is 5.66. The van der Waals surface area contributed by atoms with E-state index in [0.717, 1.165) is 37.0 Å². The number of hydrogen-bond donors (Lipinski definition) is 1. The number of hydrogen-bond acceptors (Lipinski definition) is 3. The van der Waals surface area contributed by atoms with Crippen molar-refractivity contribution in [1.82, 2.24) is 14.5 Å². The third kappa shape index (κ3) is 3.85. The van der Waals surface area contributed by atoms with E-state index < -0.39 is 0 Å². The molecule has 0 aliphatic rings. The molecular formula is C15H22FIN4. The van der Waals surface area contributed by atoms with Crippen LogP contribution in [0.5, 0.6) is 0 Å². The van der Waals surface area contributed by atoms with E-state index in [-0.39, 0.29) is 5.82 Å². The molecule has 0 spiro atoms. The van der Waals surface area contributed by atoms with E-state index in [1.807, 2.05) is 27.2 Å². The lowest BCUT2D eigenvalue weighted by atomic mass is 10.2. The SMILES string of the molecule is CC(C)N(C)CCCCn1c(N)nc2cc(I)c(F)cc21. The largest absolute Gasteiger partial charge is 0.369 e. The van der Waals surface area contributed by atoms with Gasteiger partial charge in [0.15, 0.2) is 0 Å². The van der Waals surface area contributed by atoms with Crippen molar-refractivity contribution < 1.29 is 4.39 Å². The summed E-state index contributed by atoms with van der Waals surface area (Å²) in [5.74, 6) is 0.243. The number of anilines is 1. The van der Waals surface area contributed by atoms with Gasteiger partial charge in [-0.25, -0.2) is 9.37 Å². The average molecular weight is 404 g/mol. The number of rotatable bonds is 6. The van der Waals surface area contributed by atoms with Crippen molar-refractivity contribution in [3.8, 4) is 0 Å². The maximum absolute atomic E-state index is 13.7. The lowest BCUT2D eigenvalue weighted by Gasteiger charge is -2.20. The van der Waals surface area contributed by atoms with Gasteiger partial charge in [-0.2, -0.15) is 0 Å². The van der Waals surface area contributed by atoms with Crippen LogP contribution in [0.15, 0.2) is 12.1 Å². The Morgan fingerprint density at radius 3 is 2.76 bits per heavy atom. The van der Waals surface area contributed by atoms with Crippen molar-refractivity contribution in [3.63, 3.8) is 0 Å². The first-order valence-corrected chi connectivity index (χ1v) is 8.29. The monoisotopic (exact) mass is 404 g/mol. The highest BCUT2D eigenvalue weighted by molar-refractivity contribution is 14.1. The van der Waals surface area contributed by atoms with Crippen molar-refractivity contribution in [1.29, 1.82) is 0 Å². The van der Waals surface area contributed by atoms with Crippen LogP contribution in [0.1, 0.15) is 26.7 Å². The average Bonchev–Trinajstić information content (AvgIpc) is 2.70. The van der Waals surface area contributed by atoms with Gasteiger partial charge in [-0.05, 0) is 68.9 Å². The van der Waals surface area contributed by atoms with Crippen molar-refractivity contribution in [2.75, 3.05) is 19.3 Å². The van der Waals surface area contributed by atoms with E-state index in [2.05, 4.69) is 30.8 Å². The second-order valence-corrected chi connectivity index (χ2v) is 6.82. The molecule has 116 valence electrons. The summed E-state index contributed by atoms with van der Waals surface area (Å²) in [4.78, 5) is 6.63. The Hall–Kier alpha value is -0.890. The Labute approximate surface area is 138 Å². The van der Waals surface area contributed by atoms with Gasteiger partial charge in [0.2, 0.25) is 5.95 Å². The Balaban J connectivity index is 2.05. The number of nitrogens with zero attached hydrogens (tertiary/aromatic N) is 3. The van der Waals surface area contributed by atoms with E-state index >= 15 is 0 Å². The number of halogens is 2. The van der Waals surface area contributed by atoms with Gasteiger partial charge in [-0.1, -0.05) is 0 Å². The van der Waals surface area contributed by atoms with Gasteiger partial charge in [0, 0.05) is 18.7 Å². The molecule has 0 atom stereocenters. The van der Waals surface area contributed by atoms with Crippen molar-refractivity contribution >= 4 is 39.6 Å². The zero-order valence-electron chi connectivity index (χ0n) is 12.7. The molecule has 21 heavy (non-hydrogen) atoms. The van der Waals surface area contributed by atoms with Crippen molar-refractivity contribution in [3.05, 3.63) is 21.5 Å². The smallest absolute Gasteiger partial charge is 0.201 e. The molecule has 0 radical (unpaired) electrons. The van der Waals surface area contributed by atoms with Gasteiger partial charge in [-0.3, -0.25) is 0 Å². The summed E-state index contributed by atoms with van der Waals surface area (Å²) >= 11 is 1.97. The van der Waals surface area contributed by atoms with Crippen LogP contribution in [-0.4, -0.2) is 34.1 Å². The molecule has 0 saturated carbocycles. The van der Waals surface area contributed by atoms with E-state index in [0.29, 0.717) is 15.6 Å². The molecule has 0 saturated heterocycles. The first-order valence-electron chi connectivity index (χ1n) is 7.21. The number of imidazole rings is 1. The minimum absolute atomic E-state index is 0.219. The summed E-state index contributed by atoms with van der Waals surface area (Å²) < 4.78 is 16.2. The van der Waals surface area contributed by atoms with Crippen LogP contribution in [-0.2, 0) is 6.54 Å². The molecule has 6 heteroatoms. The summed E-state index contributed by atoms with van der Waals surface area (Å²) in [6.07, 6.45) is 2.08. The summed E-state index contributed by atoms with van der Waals surface area (Å²) in [5.41, 5.74) is 7.50. The number of aryl methyl sites for hydroxylation is 1. The predicted octanol–water partition coefficient (Wildman–Crippen LogP) is 3.48. The molecule has 1 aromatic heterocycles. The third-order valence-corrected chi connectivity index (χ3v) is 4.67. The molecule has 1 heterocycles. The summed E-state index contributed by atoms with van der Waals surface area (Å²) in [6, 6.07) is 3.83. The minimum atomic E-state index is -0.219. The van der Waals surface area contributed by atoms with Crippen LogP contribution < -0.4 is 5.73 Å². The minimum Gasteiger partial charge on any atom is -0.369 e. The Morgan fingerprint density at radius 2 is 2.10 bits per heavy atom. The lowest BCUT2D eigenvalue weighted by molar-refractivity contribution is 0.266. The zero-order chi connectivity index (χ0) is 15.6. The molecule has 2 rings (SSSR count). The van der Waals surface area contributed by atoms with Crippen LogP contribution >= 0.6 is 22.6 Å². The van der Waals surface area contributed by atoms with Gasteiger partial charge >= 0.3 is 0 Å². The molecular weight excluding hydrogens is 382 g/mol. The number of unbranched alkanes of at least 4 members (excludes halogenated alkanes) is 1. The van der Waals surface area contributed by atoms with Gasteiger partial charge < -0.3 is 15.2 Å². The summed E-state index contributed by atoms with van der Waals surface area (Å²) in [6.45, 7) is 6.20. The van der Waals surface area contributed by atoms with Crippen LogP contribution in [0, 0.1) is 9.39 Å². The maximum atomic E-state index is 13.7. The van der Waals surface area contributed by atoms with E-state index in [1.54, 1.807) is 6.07 Å². The highest BCUT2D eigenvalue weighted by Gasteiger charge is 2.11. The summed E-state index contributed by atoms with van der Waals surface area (Å²) in [5, 5.41) is 0. The normalized spacial score (nSPS) is 12.0. The Kier molecular flexibility index (Phi) is 5.43. The number of aromatic nitrogens is 2. The maximum Gasteiger partial charge on any atom is 0.201 e.